The van der Waals surface area contributed by atoms with Crippen LogP contribution in [0.5, 0.6) is 0 Å². The summed E-state index contributed by atoms with van der Waals surface area (Å²) < 4.78 is 4.84. The molecule has 4 rings (SSSR count). The molecule has 1 aliphatic heterocycles. The molecule has 2 aliphatic rings. The molecule has 5 nitrogen and oxygen atoms in total. The summed E-state index contributed by atoms with van der Waals surface area (Å²) >= 11 is 0. The Bertz CT molecular complexity index is 847. The Morgan fingerprint density at radius 3 is 2.46 bits per heavy atom. The van der Waals surface area contributed by atoms with Gasteiger partial charge in [-0.25, -0.2) is 0 Å². The van der Waals surface area contributed by atoms with Crippen molar-refractivity contribution in [2.24, 2.45) is 4.99 Å². The van der Waals surface area contributed by atoms with Crippen LogP contribution in [0, 0.1) is 26.1 Å². The minimum absolute atomic E-state index is 0.219. The molecule has 0 unspecified atom stereocenters. The molecule has 24 heavy (non-hydrogen) atoms. The van der Waals surface area contributed by atoms with E-state index < -0.39 is 17.3 Å². The molecule has 12 radical (unpaired) electrons. The van der Waals surface area contributed by atoms with Gasteiger partial charge in [-0.15, -0.1) is 11.5 Å². The number of guanidine groups is 1. The monoisotopic (exact) mass is 309 g/mol. The first-order valence-corrected chi connectivity index (χ1v) is 7.07. The van der Waals surface area contributed by atoms with Gasteiger partial charge in [-0.3, -0.25) is 4.79 Å². The Labute approximate surface area is 140 Å². The Morgan fingerprint density at radius 2 is 1.71 bits per heavy atom. The van der Waals surface area contributed by atoms with E-state index in [1.165, 1.54) is 0 Å². The number of carbonyl (C=O) groups is 1. The molecule has 1 saturated heterocycles. The summed E-state index contributed by atoms with van der Waals surface area (Å²) in [5.74, 6) is -2.03. The number of hydrogen-bond donors (Lipinski definition) is 0. The summed E-state index contributed by atoms with van der Waals surface area (Å²) in [7, 11) is 0. The quantitative estimate of drug-likeness (QED) is 0.595. The summed E-state index contributed by atoms with van der Waals surface area (Å²) in [6, 6.07) is 12.8. The van der Waals surface area contributed by atoms with Gasteiger partial charge in [0.05, 0.1) is 0 Å². The lowest BCUT2D eigenvalue weighted by Crippen LogP contribution is -2.31. The van der Waals surface area contributed by atoms with Crippen LogP contribution in [-0.2, 0) is 10.2 Å². The number of benzene rings is 2. The number of aliphatic imine (C=N–C) groups is 1. The lowest BCUT2D eigenvalue weighted by molar-refractivity contribution is 0.100. The van der Waals surface area contributed by atoms with E-state index >= 15 is 0 Å². The van der Waals surface area contributed by atoms with Gasteiger partial charge in [0.2, 0.25) is 0 Å². The fraction of sp³-hybridized carbons (Fsp3) is 0.0526. The largest absolute Gasteiger partial charge is 0.354 e. The van der Waals surface area contributed by atoms with Crippen LogP contribution in [0.25, 0.3) is 11.1 Å². The second-order valence-corrected chi connectivity index (χ2v) is 5.33. The van der Waals surface area contributed by atoms with Crippen molar-refractivity contribution in [2.75, 3.05) is 0 Å². The van der Waals surface area contributed by atoms with Crippen molar-refractivity contribution < 1.29 is 9.53 Å². The molecule has 0 bridgehead atoms. The van der Waals surface area contributed by atoms with Crippen molar-refractivity contribution in [3.05, 3.63) is 85.2 Å². The van der Waals surface area contributed by atoms with Crippen LogP contribution in [0.3, 0.4) is 0 Å². The molecule has 1 aliphatic carbocycles. The first-order chi connectivity index (χ1) is 11.6. The highest BCUT2D eigenvalue weighted by Crippen LogP contribution is 2.54. The predicted molar refractivity (Wildman–Crippen MR) is 82.7 cm³/mol. The summed E-state index contributed by atoms with van der Waals surface area (Å²) in [4.78, 5) is 15.1. The van der Waals surface area contributed by atoms with Crippen LogP contribution >= 0.6 is 0 Å². The Morgan fingerprint density at radius 1 is 1.00 bits per heavy atom. The molecule has 5 heteroatoms. The van der Waals surface area contributed by atoms with Crippen LogP contribution in [0.4, 0.5) is 0 Å². The zero-order valence-electron chi connectivity index (χ0n) is 12.2. The average molecular weight is 309 g/mol. The number of rotatable bonds is 1. The molecule has 110 valence electrons. The molecule has 2 aromatic rings. The second kappa shape index (κ2) is 5.46. The first-order valence-electron chi connectivity index (χ1n) is 7.07. The Balaban J connectivity index is 1.90. The molecule has 1 heterocycles. The second-order valence-electron chi connectivity index (χ2n) is 5.33. The van der Waals surface area contributed by atoms with E-state index in [-0.39, 0.29) is 5.56 Å². The summed E-state index contributed by atoms with van der Waals surface area (Å²) in [6.07, 6.45) is 6.04. The van der Waals surface area contributed by atoms with E-state index in [1.807, 2.05) is 24.3 Å². The zero-order chi connectivity index (χ0) is 16.7. The highest BCUT2D eigenvalue weighted by atomic mass is 16.5. The number of ether oxygens (including phenoxy) is 1. The van der Waals surface area contributed by atoms with Gasteiger partial charge in [-0.2, -0.15) is 4.99 Å². The minimum Gasteiger partial charge on any atom is -0.354 e. The molecule has 1 fully saturated rings. The number of fused-ring (bicyclic) bond motifs is 5. The van der Waals surface area contributed by atoms with Gasteiger partial charge in [-0.05, 0) is 34.4 Å². The normalized spacial score (nSPS) is 17.2. The van der Waals surface area contributed by atoms with Crippen LogP contribution in [0.1, 0.15) is 21.5 Å². The highest BCUT2D eigenvalue weighted by Gasteiger charge is 2.46. The van der Waals surface area contributed by atoms with Gasteiger partial charge in [0, 0.05) is 23.8 Å². The van der Waals surface area contributed by atoms with Crippen molar-refractivity contribution in [1.82, 2.24) is 11.5 Å². The summed E-state index contributed by atoms with van der Waals surface area (Å²) in [5, 5.41) is 0. The molecular weight excluding hydrogens is 302 g/mol. The molecule has 0 aromatic heterocycles. The maximum absolute atomic E-state index is 12.0. The molecule has 2 aromatic carbocycles. The molecular formula is C19H7N3O2. The first kappa shape index (κ1) is 14.9. The van der Waals surface area contributed by atoms with Gasteiger partial charge in [0.1, 0.15) is 13.2 Å². The standard InChI is InChI=1S/C19H7N3O2/c20-18(21)22-17(23)12-5-6-14-13-3-1-2-4-15(13)19(16(14)11-12)7-9-24-10-8-19/h1-6,11H. The van der Waals surface area contributed by atoms with Crippen molar-refractivity contribution in [1.29, 1.82) is 0 Å². The van der Waals surface area contributed by atoms with Crippen molar-refractivity contribution >= 4 is 11.9 Å². The van der Waals surface area contributed by atoms with E-state index in [1.54, 1.807) is 18.2 Å². The number of nitrogens with zero attached hydrogens (tertiary/aromatic N) is 3. The Kier molecular flexibility index (Phi) is 3.39. The third kappa shape index (κ3) is 2.12. The smallest absolute Gasteiger partial charge is 0.291 e. The lowest BCUT2D eigenvalue weighted by Gasteiger charge is -2.32. The lowest BCUT2D eigenvalue weighted by atomic mass is 9.72. The van der Waals surface area contributed by atoms with E-state index in [0.717, 1.165) is 22.3 Å². The molecule has 0 N–H and O–H groups in total. The Hall–Kier alpha value is -2.66. The zero-order valence-corrected chi connectivity index (χ0v) is 12.2. The summed E-state index contributed by atoms with van der Waals surface area (Å²) in [5.41, 5.74) is 20.5. The van der Waals surface area contributed by atoms with Crippen molar-refractivity contribution in [2.45, 2.75) is 5.41 Å². The van der Waals surface area contributed by atoms with Gasteiger partial charge in [-0.1, -0.05) is 30.3 Å². The number of amides is 1. The van der Waals surface area contributed by atoms with E-state index in [2.05, 4.69) is 31.0 Å². The molecule has 1 amide bonds. The maximum atomic E-state index is 12.0. The average Bonchev–Trinajstić information content (AvgIpc) is 2.85. The third-order valence-electron chi connectivity index (χ3n) is 4.07. The van der Waals surface area contributed by atoms with E-state index in [4.69, 9.17) is 16.2 Å². The number of carbonyl (C=O) groups excluding carboxylic acids is 1. The van der Waals surface area contributed by atoms with Gasteiger partial charge >= 0.3 is 0 Å². The van der Waals surface area contributed by atoms with Crippen LogP contribution < -0.4 is 11.5 Å². The van der Waals surface area contributed by atoms with Crippen LogP contribution in [0.15, 0.2) is 47.5 Å². The summed E-state index contributed by atoms with van der Waals surface area (Å²) in [6.45, 7) is 5.13. The number of hydrogen-bond acceptors (Lipinski definition) is 2. The molecule has 1 spiro atoms. The SMILES string of the molecule is [N]C([N])=NC(=O)c1ccc2c(c1)C1([C][C]O[C][C]1)c1ccccc1-2. The van der Waals surface area contributed by atoms with Gasteiger partial charge in [0.25, 0.3) is 11.9 Å². The predicted octanol–water partition coefficient (Wildman–Crippen LogP) is 1.86. The van der Waals surface area contributed by atoms with Crippen molar-refractivity contribution in [3.8, 4) is 11.1 Å². The van der Waals surface area contributed by atoms with Gasteiger partial charge in [0.15, 0.2) is 0 Å². The minimum atomic E-state index is -1.27. The van der Waals surface area contributed by atoms with Gasteiger partial charge < -0.3 is 4.74 Å². The third-order valence-corrected chi connectivity index (χ3v) is 4.07. The fourth-order valence-corrected chi connectivity index (χ4v) is 3.10. The van der Waals surface area contributed by atoms with E-state index in [9.17, 15) is 4.79 Å². The fourth-order valence-electron chi connectivity index (χ4n) is 3.10. The molecule has 0 atom stereocenters. The highest BCUT2D eigenvalue weighted by molar-refractivity contribution is 6.02. The maximum Gasteiger partial charge on any atom is 0.291 e. The van der Waals surface area contributed by atoms with Crippen LogP contribution in [0.2, 0.25) is 0 Å². The van der Waals surface area contributed by atoms with E-state index in [0.29, 0.717) is 0 Å². The topological polar surface area (TPSA) is 83.3 Å². The molecule has 0 saturated carbocycles. The van der Waals surface area contributed by atoms with Crippen LogP contribution in [-0.4, -0.2) is 11.9 Å². The van der Waals surface area contributed by atoms with Crippen molar-refractivity contribution in [3.63, 3.8) is 0 Å².